The summed E-state index contributed by atoms with van der Waals surface area (Å²) in [5, 5.41) is 13.6. The fourth-order valence-corrected chi connectivity index (χ4v) is 1.71. The van der Waals surface area contributed by atoms with Crippen molar-refractivity contribution >= 4 is 11.7 Å². The quantitative estimate of drug-likeness (QED) is 0.728. The molecule has 0 heterocycles. The van der Waals surface area contributed by atoms with E-state index in [1.807, 2.05) is 13.8 Å². The summed E-state index contributed by atoms with van der Waals surface area (Å²) in [5.74, 6) is -1.40. The van der Waals surface area contributed by atoms with Crippen molar-refractivity contribution in [1.82, 2.24) is 5.32 Å². The van der Waals surface area contributed by atoms with Gasteiger partial charge in [0.25, 0.3) is 0 Å². The number of aliphatic hydroxyl groups excluding tert-OH is 1. The Bertz CT molecular complexity index is 530. The van der Waals surface area contributed by atoms with Crippen LogP contribution in [-0.4, -0.2) is 24.3 Å². The Kier molecular flexibility index (Phi) is 5.76. The molecular formula is C14H18F4N2O2. The SMILES string of the molecule is CC(C)(CCO)CNC(=O)Nc1ccc(F)c(C(F)(F)F)c1. The Morgan fingerprint density at radius 3 is 2.45 bits per heavy atom. The summed E-state index contributed by atoms with van der Waals surface area (Å²) in [7, 11) is 0. The Hall–Kier alpha value is -1.83. The minimum atomic E-state index is -4.83. The summed E-state index contributed by atoms with van der Waals surface area (Å²) < 4.78 is 50.8. The van der Waals surface area contributed by atoms with Crippen LogP contribution in [0.3, 0.4) is 0 Å². The van der Waals surface area contributed by atoms with E-state index in [2.05, 4.69) is 10.6 Å². The largest absolute Gasteiger partial charge is 0.419 e. The number of urea groups is 1. The minimum absolute atomic E-state index is 0.0385. The predicted molar refractivity (Wildman–Crippen MR) is 73.9 cm³/mol. The second-order valence-corrected chi connectivity index (χ2v) is 5.64. The molecule has 0 saturated carbocycles. The molecule has 124 valence electrons. The van der Waals surface area contributed by atoms with Crippen molar-refractivity contribution in [1.29, 1.82) is 0 Å². The molecule has 1 aromatic carbocycles. The molecule has 1 aromatic rings. The first kappa shape index (κ1) is 18.2. The van der Waals surface area contributed by atoms with Gasteiger partial charge in [-0.2, -0.15) is 13.2 Å². The number of amides is 2. The van der Waals surface area contributed by atoms with Crippen LogP contribution in [0.4, 0.5) is 28.0 Å². The van der Waals surface area contributed by atoms with Crippen molar-refractivity contribution in [2.24, 2.45) is 5.41 Å². The van der Waals surface area contributed by atoms with E-state index in [0.717, 1.165) is 6.07 Å². The fourth-order valence-electron chi connectivity index (χ4n) is 1.71. The van der Waals surface area contributed by atoms with Crippen LogP contribution in [0.15, 0.2) is 18.2 Å². The Morgan fingerprint density at radius 2 is 1.91 bits per heavy atom. The van der Waals surface area contributed by atoms with Gasteiger partial charge in [0, 0.05) is 18.8 Å². The van der Waals surface area contributed by atoms with E-state index in [1.165, 1.54) is 0 Å². The standard InChI is InChI=1S/C14H18F4N2O2/c1-13(2,5-6-21)8-19-12(22)20-9-3-4-11(15)10(7-9)14(16,17)18/h3-4,7,21H,5-6,8H2,1-2H3,(H2,19,20,22). The number of anilines is 1. The molecule has 0 radical (unpaired) electrons. The minimum Gasteiger partial charge on any atom is -0.396 e. The van der Waals surface area contributed by atoms with Gasteiger partial charge in [0.1, 0.15) is 5.82 Å². The number of nitrogens with one attached hydrogen (secondary N) is 2. The van der Waals surface area contributed by atoms with Crippen molar-refractivity contribution in [2.45, 2.75) is 26.4 Å². The van der Waals surface area contributed by atoms with E-state index in [9.17, 15) is 22.4 Å². The fraction of sp³-hybridized carbons (Fsp3) is 0.500. The van der Waals surface area contributed by atoms with Gasteiger partial charge in [0.05, 0.1) is 5.56 Å². The summed E-state index contributed by atoms with van der Waals surface area (Å²) in [6.07, 6.45) is -4.37. The summed E-state index contributed by atoms with van der Waals surface area (Å²) in [6.45, 7) is 3.84. The Morgan fingerprint density at radius 1 is 1.27 bits per heavy atom. The zero-order valence-electron chi connectivity index (χ0n) is 12.2. The molecule has 0 fully saturated rings. The molecule has 0 unspecified atom stereocenters. The first-order valence-corrected chi connectivity index (χ1v) is 6.57. The molecule has 22 heavy (non-hydrogen) atoms. The number of rotatable bonds is 5. The van der Waals surface area contributed by atoms with Gasteiger partial charge >= 0.3 is 12.2 Å². The average molecular weight is 322 g/mol. The highest BCUT2D eigenvalue weighted by molar-refractivity contribution is 5.89. The molecule has 4 nitrogen and oxygen atoms in total. The molecule has 0 aliphatic heterocycles. The van der Waals surface area contributed by atoms with E-state index in [4.69, 9.17) is 5.11 Å². The number of hydrogen-bond acceptors (Lipinski definition) is 2. The summed E-state index contributed by atoms with van der Waals surface area (Å²) in [6, 6.07) is 1.52. The monoisotopic (exact) mass is 322 g/mol. The second-order valence-electron chi connectivity index (χ2n) is 5.64. The van der Waals surface area contributed by atoms with Gasteiger partial charge < -0.3 is 15.7 Å². The van der Waals surface area contributed by atoms with Crippen molar-refractivity contribution in [3.63, 3.8) is 0 Å². The maximum Gasteiger partial charge on any atom is 0.419 e. The van der Waals surface area contributed by atoms with Crippen molar-refractivity contribution in [3.05, 3.63) is 29.6 Å². The van der Waals surface area contributed by atoms with Crippen LogP contribution >= 0.6 is 0 Å². The lowest BCUT2D eigenvalue weighted by molar-refractivity contribution is -0.139. The Balaban J connectivity index is 2.70. The smallest absolute Gasteiger partial charge is 0.396 e. The third-order valence-corrected chi connectivity index (χ3v) is 3.05. The van der Waals surface area contributed by atoms with Gasteiger partial charge in [-0.05, 0) is 30.0 Å². The van der Waals surface area contributed by atoms with Crippen molar-refractivity contribution in [3.8, 4) is 0 Å². The summed E-state index contributed by atoms with van der Waals surface area (Å²) in [4.78, 5) is 11.6. The molecule has 0 aliphatic rings. The molecule has 0 atom stereocenters. The average Bonchev–Trinajstić information content (AvgIpc) is 2.37. The van der Waals surface area contributed by atoms with Crippen LogP contribution in [0, 0.1) is 11.2 Å². The van der Waals surface area contributed by atoms with Gasteiger partial charge in [-0.15, -0.1) is 0 Å². The molecule has 0 spiro atoms. The van der Waals surface area contributed by atoms with Crippen LogP contribution < -0.4 is 10.6 Å². The zero-order chi connectivity index (χ0) is 17.0. The molecule has 0 aromatic heterocycles. The molecule has 0 aliphatic carbocycles. The lowest BCUT2D eigenvalue weighted by Gasteiger charge is -2.23. The third-order valence-electron chi connectivity index (χ3n) is 3.05. The van der Waals surface area contributed by atoms with Crippen LogP contribution in [0.5, 0.6) is 0 Å². The number of carbonyl (C=O) groups is 1. The molecule has 8 heteroatoms. The van der Waals surface area contributed by atoms with E-state index < -0.39 is 23.6 Å². The predicted octanol–water partition coefficient (Wildman–Crippen LogP) is 3.37. The van der Waals surface area contributed by atoms with E-state index in [1.54, 1.807) is 0 Å². The van der Waals surface area contributed by atoms with Crippen LogP contribution in [0.1, 0.15) is 25.8 Å². The maximum atomic E-state index is 13.1. The normalized spacial score (nSPS) is 12.1. The highest BCUT2D eigenvalue weighted by Gasteiger charge is 2.34. The number of hydrogen-bond donors (Lipinski definition) is 3. The molecule has 0 saturated heterocycles. The highest BCUT2D eigenvalue weighted by Crippen LogP contribution is 2.32. The Labute approximate surface area is 125 Å². The second kappa shape index (κ2) is 6.95. The summed E-state index contributed by atoms with van der Waals surface area (Å²) in [5.41, 5.74) is -1.96. The zero-order valence-corrected chi connectivity index (χ0v) is 12.2. The van der Waals surface area contributed by atoms with E-state index >= 15 is 0 Å². The molecule has 1 rings (SSSR count). The number of aliphatic hydroxyl groups is 1. The first-order chi connectivity index (χ1) is 10.0. The third kappa shape index (κ3) is 5.51. The molecular weight excluding hydrogens is 304 g/mol. The van der Waals surface area contributed by atoms with Crippen LogP contribution in [0.25, 0.3) is 0 Å². The number of alkyl halides is 3. The van der Waals surface area contributed by atoms with Gasteiger partial charge in [0.15, 0.2) is 0 Å². The van der Waals surface area contributed by atoms with Crippen LogP contribution in [0.2, 0.25) is 0 Å². The topological polar surface area (TPSA) is 61.4 Å². The van der Waals surface area contributed by atoms with Gasteiger partial charge in [-0.3, -0.25) is 0 Å². The lowest BCUT2D eigenvalue weighted by Crippen LogP contribution is -2.37. The van der Waals surface area contributed by atoms with Crippen LogP contribution in [-0.2, 0) is 6.18 Å². The maximum absolute atomic E-state index is 13.1. The van der Waals surface area contributed by atoms with Gasteiger partial charge in [-0.1, -0.05) is 13.8 Å². The van der Waals surface area contributed by atoms with E-state index in [0.29, 0.717) is 18.6 Å². The van der Waals surface area contributed by atoms with Crippen molar-refractivity contribution in [2.75, 3.05) is 18.5 Å². The first-order valence-electron chi connectivity index (χ1n) is 6.57. The number of carbonyl (C=O) groups excluding carboxylic acids is 1. The van der Waals surface area contributed by atoms with Gasteiger partial charge in [0.2, 0.25) is 0 Å². The highest BCUT2D eigenvalue weighted by atomic mass is 19.4. The van der Waals surface area contributed by atoms with Crippen molar-refractivity contribution < 1.29 is 27.5 Å². The van der Waals surface area contributed by atoms with Gasteiger partial charge in [-0.25, -0.2) is 9.18 Å². The van der Waals surface area contributed by atoms with E-state index in [-0.39, 0.29) is 24.3 Å². The molecule has 3 N–H and O–H groups in total. The molecule has 2 amide bonds. The summed E-state index contributed by atoms with van der Waals surface area (Å²) >= 11 is 0. The lowest BCUT2D eigenvalue weighted by atomic mass is 9.90. The number of halogens is 4. The molecule has 0 bridgehead atoms. The number of benzene rings is 1.